The Morgan fingerprint density at radius 2 is 2.07 bits per heavy atom. The van der Waals surface area contributed by atoms with E-state index in [-0.39, 0.29) is 0 Å². The molecule has 1 aromatic rings. The Morgan fingerprint density at radius 1 is 1.47 bits per heavy atom. The van der Waals surface area contributed by atoms with Gasteiger partial charge in [0.2, 0.25) is 0 Å². The van der Waals surface area contributed by atoms with E-state index in [0.717, 1.165) is 25.3 Å². The SMILES string of the molecule is COc1c(F)cccc1C(=O)C(F)(F)Cl. The summed E-state index contributed by atoms with van der Waals surface area (Å²) in [4.78, 5) is 11.1. The van der Waals surface area contributed by atoms with Gasteiger partial charge in [-0.15, -0.1) is 0 Å². The molecule has 82 valence electrons. The number of alkyl halides is 3. The molecular weight excluding hydrogens is 233 g/mol. The van der Waals surface area contributed by atoms with Crippen molar-refractivity contribution in [1.29, 1.82) is 0 Å². The van der Waals surface area contributed by atoms with Crippen LogP contribution in [0.4, 0.5) is 13.2 Å². The highest BCUT2D eigenvalue weighted by molar-refractivity contribution is 6.35. The highest BCUT2D eigenvalue weighted by atomic mass is 35.5. The first kappa shape index (κ1) is 11.8. The first-order valence-corrected chi connectivity index (χ1v) is 4.19. The first-order valence-electron chi connectivity index (χ1n) is 3.82. The van der Waals surface area contributed by atoms with Crippen LogP contribution in [0.3, 0.4) is 0 Å². The number of para-hydroxylation sites is 1. The van der Waals surface area contributed by atoms with E-state index >= 15 is 0 Å². The van der Waals surface area contributed by atoms with E-state index < -0.39 is 28.3 Å². The summed E-state index contributed by atoms with van der Waals surface area (Å²) in [6, 6.07) is 3.12. The van der Waals surface area contributed by atoms with Crippen LogP contribution < -0.4 is 4.74 Å². The number of hydrogen-bond donors (Lipinski definition) is 0. The zero-order valence-corrected chi connectivity index (χ0v) is 8.32. The molecule has 0 saturated carbocycles. The van der Waals surface area contributed by atoms with Crippen LogP contribution in [-0.2, 0) is 0 Å². The van der Waals surface area contributed by atoms with Gasteiger partial charge in [0.1, 0.15) is 0 Å². The van der Waals surface area contributed by atoms with Gasteiger partial charge in [-0.05, 0) is 23.7 Å². The fraction of sp³-hybridized carbons (Fsp3) is 0.222. The lowest BCUT2D eigenvalue weighted by molar-refractivity contribution is 0.0532. The van der Waals surface area contributed by atoms with Crippen LogP contribution >= 0.6 is 11.6 Å². The summed E-state index contributed by atoms with van der Waals surface area (Å²) in [6.45, 7) is 0. The molecule has 0 radical (unpaired) electrons. The van der Waals surface area contributed by atoms with Gasteiger partial charge in [-0.3, -0.25) is 4.79 Å². The lowest BCUT2D eigenvalue weighted by Crippen LogP contribution is -2.22. The second-order valence-corrected chi connectivity index (χ2v) is 3.12. The minimum Gasteiger partial charge on any atom is -0.493 e. The van der Waals surface area contributed by atoms with Gasteiger partial charge in [-0.2, -0.15) is 8.78 Å². The third-order valence-electron chi connectivity index (χ3n) is 1.67. The van der Waals surface area contributed by atoms with Crippen molar-refractivity contribution in [2.45, 2.75) is 5.38 Å². The van der Waals surface area contributed by atoms with Crippen molar-refractivity contribution in [3.8, 4) is 5.75 Å². The third-order valence-corrected chi connectivity index (χ3v) is 1.84. The Labute approximate surface area is 88.6 Å². The number of benzene rings is 1. The van der Waals surface area contributed by atoms with Crippen molar-refractivity contribution in [3.05, 3.63) is 29.6 Å². The van der Waals surface area contributed by atoms with Crippen LogP contribution in [0.25, 0.3) is 0 Å². The van der Waals surface area contributed by atoms with Gasteiger partial charge in [0.15, 0.2) is 11.6 Å². The molecule has 2 nitrogen and oxygen atoms in total. The molecule has 0 saturated heterocycles. The van der Waals surface area contributed by atoms with Crippen molar-refractivity contribution in [1.82, 2.24) is 0 Å². The number of carbonyl (C=O) groups excluding carboxylic acids is 1. The number of carbonyl (C=O) groups is 1. The maximum atomic E-state index is 13.0. The second-order valence-electron chi connectivity index (χ2n) is 2.65. The van der Waals surface area contributed by atoms with E-state index in [4.69, 9.17) is 0 Å². The molecule has 0 aliphatic heterocycles. The largest absolute Gasteiger partial charge is 0.493 e. The maximum absolute atomic E-state index is 13.0. The molecular formula is C9H6ClF3O2. The molecule has 0 aromatic heterocycles. The quantitative estimate of drug-likeness (QED) is 0.598. The molecule has 0 N–H and O–H groups in total. The van der Waals surface area contributed by atoms with Crippen molar-refractivity contribution in [2.24, 2.45) is 0 Å². The smallest absolute Gasteiger partial charge is 0.385 e. The molecule has 0 spiro atoms. The molecule has 1 rings (SSSR count). The van der Waals surface area contributed by atoms with E-state index in [1.165, 1.54) is 0 Å². The summed E-state index contributed by atoms with van der Waals surface area (Å²) in [6.07, 6.45) is 0. The predicted octanol–water partition coefficient (Wildman–Crippen LogP) is 2.85. The monoisotopic (exact) mass is 238 g/mol. The van der Waals surface area contributed by atoms with E-state index in [2.05, 4.69) is 16.3 Å². The van der Waals surface area contributed by atoms with Crippen LogP contribution in [-0.4, -0.2) is 18.3 Å². The molecule has 0 aliphatic carbocycles. The molecule has 6 heteroatoms. The number of halogens is 4. The van der Waals surface area contributed by atoms with Crippen molar-refractivity contribution in [2.75, 3.05) is 7.11 Å². The lowest BCUT2D eigenvalue weighted by atomic mass is 10.1. The van der Waals surface area contributed by atoms with E-state index in [9.17, 15) is 18.0 Å². The van der Waals surface area contributed by atoms with Crippen LogP contribution in [0.1, 0.15) is 10.4 Å². The number of ether oxygens (including phenoxy) is 1. The molecule has 0 heterocycles. The first-order chi connectivity index (χ1) is 6.88. The molecule has 0 unspecified atom stereocenters. The molecule has 0 aliphatic rings. The highest BCUT2D eigenvalue weighted by Gasteiger charge is 2.38. The van der Waals surface area contributed by atoms with Gasteiger partial charge in [0, 0.05) is 0 Å². The number of ketones is 1. The van der Waals surface area contributed by atoms with Gasteiger partial charge in [0.25, 0.3) is 5.78 Å². The topological polar surface area (TPSA) is 26.3 Å². The van der Waals surface area contributed by atoms with Crippen LogP contribution in [0.2, 0.25) is 0 Å². The minimum absolute atomic E-state index is 0.539. The molecule has 0 fully saturated rings. The lowest BCUT2D eigenvalue weighted by Gasteiger charge is -2.10. The summed E-state index contributed by atoms with van der Waals surface area (Å²) in [5.74, 6) is -3.13. The van der Waals surface area contributed by atoms with E-state index in [0.29, 0.717) is 0 Å². The van der Waals surface area contributed by atoms with Crippen LogP contribution in [0, 0.1) is 5.82 Å². The molecule has 0 amide bonds. The number of hydrogen-bond acceptors (Lipinski definition) is 2. The summed E-state index contributed by atoms with van der Waals surface area (Å²) in [5, 5.41) is -4.07. The molecule has 15 heavy (non-hydrogen) atoms. The van der Waals surface area contributed by atoms with Crippen LogP contribution in [0.5, 0.6) is 5.75 Å². The third kappa shape index (κ3) is 2.41. The Morgan fingerprint density at radius 3 is 2.53 bits per heavy atom. The molecule has 1 aromatic carbocycles. The Kier molecular flexibility index (Phi) is 3.24. The van der Waals surface area contributed by atoms with Crippen molar-refractivity contribution in [3.63, 3.8) is 0 Å². The summed E-state index contributed by atoms with van der Waals surface area (Å²) in [5.41, 5.74) is -0.586. The van der Waals surface area contributed by atoms with E-state index in [1.807, 2.05) is 0 Å². The number of rotatable bonds is 3. The summed E-state index contributed by atoms with van der Waals surface area (Å²) in [7, 11) is 1.07. The maximum Gasteiger partial charge on any atom is 0.385 e. The Hall–Kier alpha value is -1.23. The normalized spacial score (nSPS) is 11.3. The van der Waals surface area contributed by atoms with Crippen molar-refractivity contribution >= 4 is 17.4 Å². The number of Topliss-reactive ketones (excluding diaryl/α,β-unsaturated/α-hetero) is 1. The Bertz CT molecular complexity index is 387. The number of methoxy groups -OCH3 is 1. The molecule has 0 bridgehead atoms. The fourth-order valence-corrected chi connectivity index (χ4v) is 1.15. The van der Waals surface area contributed by atoms with Gasteiger partial charge in [-0.25, -0.2) is 4.39 Å². The van der Waals surface area contributed by atoms with Gasteiger partial charge in [0.05, 0.1) is 12.7 Å². The average molecular weight is 239 g/mol. The van der Waals surface area contributed by atoms with Gasteiger partial charge in [-0.1, -0.05) is 6.07 Å². The van der Waals surface area contributed by atoms with E-state index in [1.54, 1.807) is 0 Å². The Balaban J connectivity index is 3.26. The molecule has 0 atom stereocenters. The standard InChI is InChI=1S/C9H6ClF3O2/c1-15-7-5(3-2-4-6(7)11)8(14)9(10,12)13/h2-4H,1H3. The average Bonchev–Trinajstić information content (AvgIpc) is 2.14. The zero-order chi connectivity index (χ0) is 11.6. The predicted molar refractivity (Wildman–Crippen MR) is 48.1 cm³/mol. The second kappa shape index (κ2) is 4.10. The van der Waals surface area contributed by atoms with Gasteiger partial charge < -0.3 is 4.74 Å². The zero-order valence-electron chi connectivity index (χ0n) is 7.56. The van der Waals surface area contributed by atoms with Crippen molar-refractivity contribution < 1.29 is 22.7 Å². The fourth-order valence-electron chi connectivity index (χ4n) is 1.05. The summed E-state index contributed by atoms with van der Waals surface area (Å²) < 4.78 is 42.5. The van der Waals surface area contributed by atoms with Crippen LogP contribution in [0.15, 0.2) is 18.2 Å². The summed E-state index contributed by atoms with van der Waals surface area (Å²) >= 11 is 4.54. The highest BCUT2D eigenvalue weighted by Crippen LogP contribution is 2.30. The van der Waals surface area contributed by atoms with Gasteiger partial charge >= 0.3 is 5.38 Å². The minimum atomic E-state index is -4.07.